The van der Waals surface area contributed by atoms with E-state index in [0.29, 0.717) is 6.54 Å². The zero-order chi connectivity index (χ0) is 17.4. The van der Waals surface area contributed by atoms with E-state index in [2.05, 4.69) is 5.32 Å². The fourth-order valence-corrected chi connectivity index (χ4v) is 2.33. The van der Waals surface area contributed by atoms with Crippen LogP contribution in [0.3, 0.4) is 0 Å². The summed E-state index contributed by atoms with van der Waals surface area (Å²) in [5.41, 5.74) is 1.23. The summed E-state index contributed by atoms with van der Waals surface area (Å²) in [6, 6.07) is 19.3. The van der Waals surface area contributed by atoms with Crippen LogP contribution in [0.2, 0.25) is 0 Å². The molecule has 0 bridgehead atoms. The molecule has 4 heteroatoms. The van der Waals surface area contributed by atoms with Crippen molar-refractivity contribution in [2.45, 2.75) is 25.7 Å². The highest BCUT2D eigenvalue weighted by Crippen LogP contribution is 2.24. The van der Waals surface area contributed by atoms with Crippen molar-refractivity contribution in [1.82, 2.24) is 5.32 Å². The Morgan fingerprint density at radius 3 is 2.17 bits per heavy atom. The molecule has 0 aliphatic carbocycles. The first-order chi connectivity index (χ1) is 11.5. The second-order valence-corrected chi connectivity index (χ2v) is 6.15. The minimum Gasteiger partial charge on any atom is -0.455 e. The maximum Gasteiger partial charge on any atom is 0.316 e. The third-order valence-electron chi connectivity index (χ3n) is 3.92. The van der Waals surface area contributed by atoms with Crippen LogP contribution in [0.5, 0.6) is 0 Å². The zero-order valence-electron chi connectivity index (χ0n) is 14.1. The number of rotatable bonds is 7. The molecule has 0 aromatic heterocycles. The van der Waals surface area contributed by atoms with Crippen molar-refractivity contribution >= 4 is 11.9 Å². The Morgan fingerprint density at radius 1 is 0.958 bits per heavy atom. The number of carbonyl (C=O) groups is 2. The van der Waals surface area contributed by atoms with Crippen molar-refractivity contribution in [2.75, 3.05) is 13.2 Å². The summed E-state index contributed by atoms with van der Waals surface area (Å²) < 4.78 is 5.17. The standard InChI is InChI=1S/C20H23NO3/c1-20(2,17-11-7-4-8-12-17)19(23)24-15-18(22)21-14-13-16-9-5-3-6-10-16/h3-12H,13-15H2,1-2H3,(H,21,22). The monoisotopic (exact) mass is 325 g/mol. The smallest absolute Gasteiger partial charge is 0.316 e. The van der Waals surface area contributed by atoms with Crippen molar-refractivity contribution < 1.29 is 14.3 Å². The van der Waals surface area contributed by atoms with Gasteiger partial charge in [0.1, 0.15) is 0 Å². The van der Waals surface area contributed by atoms with Crippen LogP contribution in [-0.2, 0) is 26.2 Å². The van der Waals surface area contributed by atoms with E-state index >= 15 is 0 Å². The van der Waals surface area contributed by atoms with Gasteiger partial charge in [-0.3, -0.25) is 9.59 Å². The summed E-state index contributed by atoms with van der Waals surface area (Å²) in [7, 11) is 0. The number of carbonyl (C=O) groups excluding carboxylic acids is 2. The molecule has 1 amide bonds. The van der Waals surface area contributed by atoms with E-state index in [0.717, 1.165) is 17.5 Å². The SMILES string of the molecule is CC(C)(C(=O)OCC(=O)NCCc1ccccc1)c1ccccc1. The Morgan fingerprint density at radius 2 is 1.54 bits per heavy atom. The van der Waals surface area contributed by atoms with Crippen LogP contribution < -0.4 is 5.32 Å². The molecule has 0 atom stereocenters. The predicted octanol–water partition coefficient (Wildman–Crippen LogP) is 2.87. The first-order valence-electron chi connectivity index (χ1n) is 8.03. The second kappa shape index (κ2) is 8.29. The molecule has 0 radical (unpaired) electrons. The van der Waals surface area contributed by atoms with E-state index in [1.807, 2.05) is 60.7 Å². The van der Waals surface area contributed by atoms with E-state index in [4.69, 9.17) is 4.74 Å². The molecule has 0 unspecified atom stereocenters. The number of amides is 1. The Hall–Kier alpha value is -2.62. The number of ether oxygens (including phenoxy) is 1. The van der Waals surface area contributed by atoms with Crippen molar-refractivity contribution in [3.63, 3.8) is 0 Å². The number of nitrogens with one attached hydrogen (secondary N) is 1. The number of hydrogen-bond donors (Lipinski definition) is 1. The lowest BCUT2D eigenvalue weighted by Gasteiger charge is -2.22. The van der Waals surface area contributed by atoms with Crippen molar-refractivity contribution in [3.8, 4) is 0 Å². The van der Waals surface area contributed by atoms with Gasteiger partial charge in [-0.15, -0.1) is 0 Å². The lowest BCUT2D eigenvalue weighted by Crippen LogP contribution is -2.36. The summed E-state index contributed by atoms with van der Waals surface area (Å²) in [5.74, 6) is -0.699. The molecule has 126 valence electrons. The molecule has 0 heterocycles. The van der Waals surface area contributed by atoms with Gasteiger partial charge in [-0.25, -0.2) is 0 Å². The largest absolute Gasteiger partial charge is 0.455 e. The Labute approximate surface area is 142 Å². The Bertz CT molecular complexity index is 666. The van der Waals surface area contributed by atoms with Gasteiger partial charge < -0.3 is 10.1 Å². The molecular formula is C20H23NO3. The highest BCUT2D eigenvalue weighted by Gasteiger charge is 2.31. The molecule has 0 aliphatic heterocycles. The minimum absolute atomic E-state index is 0.260. The van der Waals surface area contributed by atoms with Crippen LogP contribution in [0, 0.1) is 0 Å². The fourth-order valence-electron chi connectivity index (χ4n) is 2.33. The van der Waals surface area contributed by atoms with Crippen molar-refractivity contribution in [3.05, 3.63) is 71.8 Å². The van der Waals surface area contributed by atoms with E-state index in [1.54, 1.807) is 13.8 Å². The van der Waals surface area contributed by atoms with Gasteiger partial charge in [0.05, 0.1) is 5.41 Å². The molecule has 0 fully saturated rings. The molecule has 0 aliphatic rings. The third kappa shape index (κ3) is 4.95. The van der Waals surface area contributed by atoms with Crippen LogP contribution in [-0.4, -0.2) is 25.0 Å². The average molecular weight is 325 g/mol. The van der Waals surface area contributed by atoms with Gasteiger partial charge in [-0.1, -0.05) is 60.7 Å². The molecule has 24 heavy (non-hydrogen) atoms. The summed E-state index contributed by atoms with van der Waals surface area (Å²) in [4.78, 5) is 24.1. The topological polar surface area (TPSA) is 55.4 Å². The maximum absolute atomic E-state index is 12.3. The summed E-state index contributed by atoms with van der Waals surface area (Å²) >= 11 is 0. The Balaban J connectivity index is 1.76. The molecule has 0 saturated carbocycles. The quantitative estimate of drug-likeness (QED) is 0.797. The first kappa shape index (κ1) is 17.7. The third-order valence-corrected chi connectivity index (χ3v) is 3.92. The van der Waals surface area contributed by atoms with Gasteiger partial charge in [0, 0.05) is 6.54 Å². The van der Waals surface area contributed by atoms with Gasteiger partial charge in [0.25, 0.3) is 5.91 Å². The molecule has 2 rings (SSSR count). The van der Waals surface area contributed by atoms with Gasteiger partial charge in [0.2, 0.25) is 0 Å². The molecule has 0 spiro atoms. The van der Waals surface area contributed by atoms with Gasteiger partial charge >= 0.3 is 5.97 Å². The highest BCUT2D eigenvalue weighted by molar-refractivity contribution is 5.85. The predicted molar refractivity (Wildman–Crippen MR) is 93.6 cm³/mol. The molecule has 4 nitrogen and oxygen atoms in total. The van der Waals surface area contributed by atoms with Crippen LogP contribution >= 0.6 is 0 Å². The number of benzene rings is 2. The second-order valence-electron chi connectivity index (χ2n) is 6.15. The first-order valence-corrected chi connectivity index (χ1v) is 8.03. The van der Waals surface area contributed by atoms with E-state index < -0.39 is 11.4 Å². The average Bonchev–Trinajstić information content (AvgIpc) is 2.61. The van der Waals surface area contributed by atoms with Gasteiger partial charge in [-0.05, 0) is 31.4 Å². The lowest BCUT2D eigenvalue weighted by molar-refractivity contribution is -0.153. The fraction of sp³-hybridized carbons (Fsp3) is 0.300. The molecule has 2 aromatic rings. The van der Waals surface area contributed by atoms with Crippen molar-refractivity contribution in [2.24, 2.45) is 0 Å². The van der Waals surface area contributed by atoms with Crippen LogP contribution in [0.15, 0.2) is 60.7 Å². The molecular weight excluding hydrogens is 302 g/mol. The van der Waals surface area contributed by atoms with Gasteiger partial charge in [0.15, 0.2) is 6.61 Å². The number of esters is 1. The summed E-state index contributed by atoms with van der Waals surface area (Å²) in [5, 5.41) is 2.76. The van der Waals surface area contributed by atoms with Crippen LogP contribution in [0.4, 0.5) is 0 Å². The molecule has 2 aromatic carbocycles. The van der Waals surface area contributed by atoms with Crippen LogP contribution in [0.1, 0.15) is 25.0 Å². The minimum atomic E-state index is -0.786. The van der Waals surface area contributed by atoms with Crippen molar-refractivity contribution in [1.29, 1.82) is 0 Å². The summed E-state index contributed by atoms with van der Waals surface area (Å²) in [6.45, 7) is 3.84. The normalized spacial score (nSPS) is 10.9. The molecule has 0 saturated heterocycles. The van der Waals surface area contributed by atoms with Gasteiger partial charge in [-0.2, -0.15) is 0 Å². The maximum atomic E-state index is 12.3. The molecule has 1 N–H and O–H groups in total. The number of hydrogen-bond acceptors (Lipinski definition) is 3. The van der Waals surface area contributed by atoms with E-state index in [9.17, 15) is 9.59 Å². The van der Waals surface area contributed by atoms with E-state index in [-0.39, 0.29) is 12.5 Å². The Kier molecular flexibility index (Phi) is 6.13. The lowest BCUT2D eigenvalue weighted by atomic mass is 9.85. The zero-order valence-corrected chi connectivity index (χ0v) is 14.1. The van der Waals surface area contributed by atoms with E-state index in [1.165, 1.54) is 0 Å². The van der Waals surface area contributed by atoms with Crippen LogP contribution in [0.25, 0.3) is 0 Å². The highest BCUT2D eigenvalue weighted by atomic mass is 16.5. The summed E-state index contributed by atoms with van der Waals surface area (Å²) in [6.07, 6.45) is 0.746.